The zero-order valence-electron chi connectivity index (χ0n) is 14.2. The molecule has 0 aliphatic carbocycles. The second kappa shape index (κ2) is 11.5. The zero-order chi connectivity index (χ0) is 17.0. The molecule has 0 unspecified atom stereocenters. The number of ether oxygens (including phenoxy) is 2. The molecule has 2 aromatic rings. The minimum atomic E-state index is -0.172. The molecule has 0 amide bonds. The molecule has 0 aliphatic heterocycles. The monoisotopic (exact) mass is 408 g/mol. The Morgan fingerprint density at radius 3 is 2.12 bits per heavy atom. The van der Waals surface area contributed by atoms with E-state index < -0.39 is 0 Å². The standard InChI is InChI=1S/C20H24O2SSe/c1-3-21-20(22-4-2)15-18(23-17-11-7-5-8-12-17)16-24-19-13-9-6-10-14-19/h5-14,16,20H,3-4,15H2,1-2H3/b18-16-. The molecular formula is C20H24O2SSe. The van der Waals surface area contributed by atoms with E-state index in [0.717, 1.165) is 6.42 Å². The molecule has 0 aromatic heterocycles. The molecule has 0 N–H and O–H groups in total. The van der Waals surface area contributed by atoms with Crippen molar-refractivity contribution in [2.75, 3.05) is 13.2 Å². The molecule has 4 heteroatoms. The number of hydrogen-bond donors (Lipinski definition) is 0. The van der Waals surface area contributed by atoms with Gasteiger partial charge in [0.15, 0.2) is 0 Å². The summed E-state index contributed by atoms with van der Waals surface area (Å²) in [6.07, 6.45) is 0.615. The van der Waals surface area contributed by atoms with Gasteiger partial charge in [-0.2, -0.15) is 0 Å². The van der Waals surface area contributed by atoms with Crippen molar-refractivity contribution in [2.24, 2.45) is 0 Å². The predicted octanol–water partition coefficient (Wildman–Crippen LogP) is 4.44. The van der Waals surface area contributed by atoms with E-state index in [1.165, 1.54) is 14.3 Å². The van der Waals surface area contributed by atoms with Crippen molar-refractivity contribution < 1.29 is 9.47 Å². The third-order valence-corrected chi connectivity index (χ3v) is 6.51. The molecule has 0 atom stereocenters. The van der Waals surface area contributed by atoms with E-state index in [1.54, 1.807) is 11.8 Å². The van der Waals surface area contributed by atoms with Gasteiger partial charge in [-0.05, 0) is 0 Å². The van der Waals surface area contributed by atoms with Crippen LogP contribution in [0.4, 0.5) is 0 Å². The summed E-state index contributed by atoms with van der Waals surface area (Å²) in [5.74, 6) is 0. The van der Waals surface area contributed by atoms with Crippen molar-refractivity contribution in [3.63, 3.8) is 0 Å². The molecule has 128 valence electrons. The summed E-state index contributed by atoms with van der Waals surface area (Å²) >= 11 is 2.11. The van der Waals surface area contributed by atoms with Crippen LogP contribution in [0, 0.1) is 0 Å². The first-order valence-corrected chi connectivity index (χ1v) is 10.8. The van der Waals surface area contributed by atoms with Crippen molar-refractivity contribution in [3.8, 4) is 0 Å². The summed E-state index contributed by atoms with van der Waals surface area (Å²) < 4.78 is 12.8. The van der Waals surface area contributed by atoms with Gasteiger partial charge in [0.25, 0.3) is 0 Å². The van der Waals surface area contributed by atoms with Gasteiger partial charge in [-0.3, -0.25) is 0 Å². The molecular weight excluding hydrogens is 383 g/mol. The third kappa shape index (κ3) is 7.25. The quantitative estimate of drug-likeness (QED) is 0.330. The summed E-state index contributed by atoms with van der Waals surface area (Å²) in [5, 5.41) is 0. The number of benzene rings is 2. The van der Waals surface area contributed by atoms with E-state index in [9.17, 15) is 0 Å². The van der Waals surface area contributed by atoms with Gasteiger partial charge in [-0.15, -0.1) is 0 Å². The molecule has 2 nitrogen and oxygen atoms in total. The fourth-order valence-corrected chi connectivity index (χ4v) is 4.93. The Morgan fingerprint density at radius 2 is 1.54 bits per heavy atom. The van der Waals surface area contributed by atoms with E-state index in [2.05, 4.69) is 59.6 Å². The van der Waals surface area contributed by atoms with Gasteiger partial charge in [0.1, 0.15) is 0 Å². The Labute approximate surface area is 155 Å². The molecule has 0 heterocycles. The summed E-state index contributed by atoms with van der Waals surface area (Å²) in [6, 6.07) is 21.1. The van der Waals surface area contributed by atoms with Gasteiger partial charge in [0.2, 0.25) is 0 Å². The molecule has 0 aliphatic rings. The molecule has 0 spiro atoms. The number of hydrogen-bond acceptors (Lipinski definition) is 3. The maximum absolute atomic E-state index is 5.73. The van der Waals surface area contributed by atoms with E-state index in [1.807, 2.05) is 19.9 Å². The second-order valence-corrected chi connectivity index (χ2v) is 8.15. The van der Waals surface area contributed by atoms with Crippen LogP contribution in [0.15, 0.2) is 75.4 Å². The van der Waals surface area contributed by atoms with Crippen LogP contribution >= 0.6 is 11.8 Å². The van der Waals surface area contributed by atoms with Crippen LogP contribution in [-0.2, 0) is 9.47 Å². The second-order valence-electron chi connectivity index (χ2n) is 4.97. The Morgan fingerprint density at radius 1 is 0.958 bits per heavy atom. The van der Waals surface area contributed by atoms with Crippen molar-refractivity contribution in [1.82, 2.24) is 0 Å². The Kier molecular flexibility index (Phi) is 9.25. The van der Waals surface area contributed by atoms with Crippen LogP contribution in [0.5, 0.6) is 0 Å². The topological polar surface area (TPSA) is 18.5 Å². The summed E-state index contributed by atoms with van der Waals surface area (Å²) in [5.41, 5.74) is 0. The van der Waals surface area contributed by atoms with Crippen molar-refractivity contribution >= 4 is 31.2 Å². The van der Waals surface area contributed by atoms with Crippen molar-refractivity contribution in [2.45, 2.75) is 31.5 Å². The first-order chi connectivity index (χ1) is 11.8. The molecule has 0 saturated heterocycles. The van der Waals surface area contributed by atoms with E-state index >= 15 is 0 Å². The minimum absolute atomic E-state index is 0.172. The van der Waals surface area contributed by atoms with Crippen LogP contribution in [0.25, 0.3) is 0 Å². The van der Waals surface area contributed by atoms with Crippen LogP contribution in [0.3, 0.4) is 0 Å². The first-order valence-electron chi connectivity index (χ1n) is 8.18. The molecule has 24 heavy (non-hydrogen) atoms. The Bertz CT molecular complexity index is 596. The maximum atomic E-state index is 5.73. The van der Waals surface area contributed by atoms with Gasteiger partial charge in [0, 0.05) is 0 Å². The van der Waals surface area contributed by atoms with Gasteiger partial charge in [-0.25, -0.2) is 0 Å². The molecule has 0 fully saturated rings. The van der Waals surface area contributed by atoms with Crippen molar-refractivity contribution in [3.05, 3.63) is 70.5 Å². The summed E-state index contributed by atoms with van der Waals surface area (Å²) in [6.45, 7) is 5.34. The van der Waals surface area contributed by atoms with Crippen LogP contribution in [0.1, 0.15) is 20.3 Å². The van der Waals surface area contributed by atoms with Crippen LogP contribution < -0.4 is 4.46 Å². The van der Waals surface area contributed by atoms with Gasteiger partial charge in [0.05, 0.1) is 0 Å². The van der Waals surface area contributed by atoms with Gasteiger partial charge >= 0.3 is 156 Å². The average Bonchev–Trinajstić information content (AvgIpc) is 2.62. The molecule has 0 bridgehead atoms. The Hall–Kier alpha value is -1.03. The van der Waals surface area contributed by atoms with Gasteiger partial charge in [-0.1, -0.05) is 0 Å². The fourth-order valence-electron chi connectivity index (χ4n) is 2.09. The normalized spacial score (nSPS) is 11.9. The number of rotatable bonds is 10. The first kappa shape index (κ1) is 19.3. The molecule has 0 radical (unpaired) electrons. The summed E-state index contributed by atoms with van der Waals surface area (Å²) in [4.78, 5) is 4.90. The Balaban J connectivity index is 2.10. The zero-order valence-corrected chi connectivity index (χ0v) is 16.7. The summed E-state index contributed by atoms with van der Waals surface area (Å²) in [7, 11) is 0. The van der Waals surface area contributed by atoms with E-state index in [4.69, 9.17) is 9.47 Å². The predicted molar refractivity (Wildman–Crippen MR) is 104 cm³/mol. The van der Waals surface area contributed by atoms with E-state index in [0.29, 0.717) is 28.2 Å². The molecule has 0 saturated carbocycles. The number of thioether (sulfide) groups is 1. The van der Waals surface area contributed by atoms with Crippen LogP contribution in [-0.4, -0.2) is 34.5 Å². The van der Waals surface area contributed by atoms with Gasteiger partial charge < -0.3 is 0 Å². The molecule has 2 rings (SSSR count). The van der Waals surface area contributed by atoms with E-state index in [-0.39, 0.29) is 6.29 Å². The van der Waals surface area contributed by atoms with Crippen LogP contribution in [0.2, 0.25) is 0 Å². The molecule has 2 aromatic carbocycles. The van der Waals surface area contributed by atoms with Crippen molar-refractivity contribution in [1.29, 1.82) is 0 Å². The fraction of sp³-hybridized carbons (Fsp3) is 0.300. The SMILES string of the molecule is CCOC(C/C(=C/[Se]c1ccccc1)Sc1ccccc1)OCC. The third-order valence-electron chi connectivity index (χ3n) is 3.13. The average molecular weight is 407 g/mol.